The predicted molar refractivity (Wildman–Crippen MR) is 76.8 cm³/mol. The van der Waals surface area contributed by atoms with Gasteiger partial charge in [-0.2, -0.15) is 0 Å². The third-order valence-corrected chi connectivity index (χ3v) is 4.97. The minimum absolute atomic E-state index is 0.126. The zero-order chi connectivity index (χ0) is 14.9. The van der Waals surface area contributed by atoms with Crippen molar-refractivity contribution in [2.24, 2.45) is 5.92 Å². The van der Waals surface area contributed by atoms with Gasteiger partial charge in [-0.05, 0) is 18.1 Å². The number of aryl methyl sites for hydroxylation is 1. The molecule has 1 aliphatic heterocycles. The van der Waals surface area contributed by atoms with E-state index in [9.17, 15) is 14.7 Å². The standard InChI is InChI=1S/C14H19NO4S/c1-4-9-5-6-11(19-9)12(16)15-10(14(17)18)7-20-13(15)8(2)3/h5-6,8,10,13H,4,7H2,1-3H3,(H,17,18). The number of carboxylic acids is 1. The Morgan fingerprint density at radius 3 is 2.70 bits per heavy atom. The molecule has 1 N–H and O–H groups in total. The van der Waals surface area contributed by atoms with Crippen LogP contribution in [0.5, 0.6) is 0 Å². The van der Waals surface area contributed by atoms with Crippen LogP contribution >= 0.6 is 11.8 Å². The summed E-state index contributed by atoms with van der Waals surface area (Å²) in [4.78, 5) is 25.4. The first kappa shape index (κ1) is 15.0. The summed E-state index contributed by atoms with van der Waals surface area (Å²) in [6.45, 7) is 5.92. The highest BCUT2D eigenvalue weighted by molar-refractivity contribution is 8.00. The van der Waals surface area contributed by atoms with E-state index in [4.69, 9.17) is 4.42 Å². The number of furan rings is 1. The summed E-state index contributed by atoms with van der Waals surface area (Å²) in [5, 5.41) is 9.17. The number of carboxylic acid groups (broad SMARTS) is 1. The summed E-state index contributed by atoms with van der Waals surface area (Å²) in [5.41, 5.74) is 0. The second kappa shape index (κ2) is 5.91. The number of rotatable bonds is 4. The number of hydrogen-bond donors (Lipinski definition) is 1. The summed E-state index contributed by atoms with van der Waals surface area (Å²) in [6.07, 6.45) is 0.706. The van der Waals surface area contributed by atoms with Crippen molar-refractivity contribution in [3.8, 4) is 0 Å². The fourth-order valence-corrected chi connectivity index (χ4v) is 3.77. The molecule has 1 saturated heterocycles. The van der Waals surface area contributed by atoms with Gasteiger partial charge in [0.25, 0.3) is 5.91 Å². The number of carbonyl (C=O) groups is 2. The molecule has 1 aromatic heterocycles. The maximum Gasteiger partial charge on any atom is 0.327 e. The van der Waals surface area contributed by atoms with E-state index < -0.39 is 12.0 Å². The highest BCUT2D eigenvalue weighted by Gasteiger charge is 2.43. The molecule has 6 heteroatoms. The van der Waals surface area contributed by atoms with Gasteiger partial charge in [-0.1, -0.05) is 20.8 Å². The first-order valence-corrected chi connectivity index (χ1v) is 7.76. The van der Waals surface area contributed by atoms with Crippen LogP contribution in [0.2, 0.25) is 0 Å². The van der Waals surface area contributed by atoms with E-state index in [-0.39, 0.29) is 23.0 Å². The van der Waals surface area contributed by atoms with Crippen molar-refractivity contribution in [3.05, 3.63) is 23.7 Å². The molecule has 1 fully saturated rings. The van der Waals surface area contributed by atoms with E-state index in [0.29, 0.717) is 12.2 Å². The van der Waals surface area contributed by atoms with E-state index in [1.54, 1.807) is 12.1 Å². The molecular formula is C14H19NO4S. The molecule has 0 aromatic carbocycles. The van der Waals surface area contributed by atoms with Crippen LogP contribution in [0.3, 0.4) is 0 Å². The number of hydrogen-bond acceptors (Lipinski definition) is 4. The smallest absolute Gasteiger partial charge is 0.327 e. The van der Waals surface area contributed by atoms with Crippen molar-refractivity contribution in [3.63, 3.8) is 0 Å². The largest absolute Gasteiger partial charge is 0.480 e. The Bertz CT molecular complexity index is 511. The Kier molecular flexibility index (Phi) is 4.42. The SMILES string of the molecule is CCc1ccc(C(=O)N2C(C(=O)O)CSC2C(C)C)o1. The first-order valence-electron chi connectivity index (χ1n) is 6.71. The Labute approximate surface area is 122 Å². The van der Waals surface area contributed by atoms with Crippen molar-refractivity contribution in [1.82, 2.24) is 4.90 Å². The fraction of sp³-hybridized carbons (Fsp3) is 0.571. The van der Waals surface area contributed by atoms with Gasteiger partial charge in [0.15, 0.2) is 5.76 Å². The summed E-state index contributed by atoms with van der Waals surface area (Å²) < 4.78 is 5.47. The molecule has 1 aliphatic rings. The maximum absolute atomic E-state index is 12.6. The average molecular weight is 297 g/mol. The van der Waals surface area contributed by atoms with Gasteiger partial charge in [0.2, 0.25) is 0 Å². The fourth-order valence-electron chi connectivity index (χ4n) is 2.30. The molecule has 0 saturated carbocycles. The van der Waals surface area contributed by atoms with Crippen LogP contribution in [0, 0.1) is 5.92 Å². The van der Waals surface area contributed by atoms with Gasteiger partial charge in [0, 0.05) is 12.2 Å². The lowest BCUT2D eigenvalue weighted by atomic mass is 10.1. The van der Waals surface area contributed by atoms with Gasteiger partial charge in [-0.3, -0.25) is 4.79 Å². The Balaban J connectivity index is 2.29. The van der Waals surface area contributed by atoms with Gasteiger partial charge in [0.05, 0.1) is 5.37 Å². The Morgan fingerprint density at radius 1 is 1.50 bits per heavy atom. The highest BCUT2D eigenvalue weighted by atomic mass is 32.2. The monoisotopic (exact) mass is 297 g/mol. The molecule has 2 atom stereocenters. The quantitative estimate of drug-likeness (QED) is 0.924. The lowest BCUT2D eigenvalue weighted by Gasteiger charge is -2.28. The van der Waals surface area contributed by atoms with Gasteiger partial charge in [-0.15, -0.1) is 11.8 Å². The molecule has 2 heterocycles. The zero-order valence-electron chi connectivity index (χ0n) is 11.8. The van der Waals surface area contributed by atoms with E-state index in [1.165, 1.54) is 16.7 Å². The van der Waals surface area contributed by atoms with Crippen molar-refractivity contribution in [2.45, 2.75) is 38.6 Å². The molecule has 1 amide bonds. The number of amides is 1. The van der Waals surface area contributed by atoms with Crippen LogP contribution in [0.25, 0.3) is 0 Å². The molecule has 2 unspecified atom stereocenters. The highest BCUT2D eigenvalue weighted by Crippen LogP contribution is 2.35. The van der Waals surface area contributed by atoms with Crippen molar-refractivity contribution < 1.29 is 19.1 Å². The lowest BCUT2D eigenvalue weighted by molar-refractivity contribution is -0.141. The van der Waals surface area contributed by atoms with Gasteiger partial charge < -0.3 is 14.4 Å². The second-order valence-corrected chi connectivity index (χ2v) is 6.30. The van der Waals surface area contributed by atoms with Crippen LogP contribution < -0.4 is 0 Å². The van der Waals surface area contributed by atoms with Crippen LogP contribution in [-0.4, -0.2) is 39.1 Å². The lowest BCUT2D eigenvalue weighted by Crippen LogP contribution is -2.47. The third-order valence-electron chi connectivity index (χ3n) is 3.35. The molecule has 20 heavy (non-hydrogen) atoms. The Hall–Kier alpha value is -1.43. The van der Waals surface area contributed by atoms with Crippen molar-refractivity contribution in [2.75, 3.05) is 5.75 Å². The van der Waals surface area contributed by atoms with Gasteiger partial charge in [0.1, 0.15) is 11.8 Å². The van der Waals surface area contributed by atoms with Gasteiger partial charge >= 0.3 is 5.97 Å². The molecule has 0 radical (unpaired) electrons. The van der Waals surface area contributed by atoms with Crippen molar-refractivity contribution >= 4 is 23.6 Å². The molecular weight excluding hydrogens is 278 g/mol. The first-order chi connectivity index (χ1) is 9.45. The maximum atomic E-state index is 12.6. The summed E-state index contributed by atoms with van der Waals surface area (Å²) in [6, 6.07) is 2.60. The normalized spacial score (nSPS) is 22.5. The van der Waals surface area contributed by atoms with Gasteiger partial charge in [-0.25, -0.2) is 4.79 Å². The molecule has 5 nitrogen and oxygen atoms in total. The molecule has 0 aliphatic carbocycles. The van der Waals surface area contributed by atoms with Crippen molar-refractivity contribution in [1.29, 1.82) is 0 Å². The van der Waals surface area contributed by atoms with E-state index in [0.717, 1.165) is 5.76 Å². The van der Waals surface area contributed by atoms with Crippen LogP contribution in [0.1, 0.15) is 37.1 Å². The van der Waals surface area contributed by atoms with E-state index >= 15 is 0 Å². The van der Waals surface area contributed by atoms with Crippen LogP contribution in [-0.2, 0) is 11.2 Å². The van der Waals surface area contributed by atoms with E-state index in [1.807, 2.05) is 20.8 Å². The number of aliphatic carboxylic acids is 1. The van der Waals surface area contributed by atoms with E-state index in [2.05, 4.69) is 0 Å². The summed E-state index contributed by atoms with van der Waals surface area (Å²) in [7, 11) is 0. The molecule has 110 valence electrons. The van der Waals surface area contributed by atoms with Crippen LogP contribution in [0.4, 0.5) is 0 Å². The predicted octanol–water partition coefficient (Wildman–Crippen LogP) is 2.47. The second-order valence-electron chi connectivity index (χ2n) is 5.15. The van der Waals surface area contributed by atoms with Crippen LogP contribution in [0.15, 0.2) is 16.5 Å². The zero-order valence-corrected chi connectivity index (χ0v) is 12.6. The summed E-state index contributed by atoms with van der Waals surface area (Å²) in [5.74, 6) is 0.269. The minimum Gasteiger partial charge on any atom is -0.480 e. The molecule has 2 rings (SSSR count). The average Bonchev–Trinajstić information content (AvgIpc) is 3.04. The topological polar surface area (TPSA) is 70.8 Å². The molecule has 0 bridgehead atoms. The Morgan fingerprint density at radius 2 is 2.20 bits per heavy atom. The summed E-state index contributed by atoms with van der Waals surface area (Å²) >= 11 is 1.51. The number of thioether (sulfide) groups is 1. The number of carbonyl (C=O) groups excluding carboxylic acids is 1. The third kappa shape index (κ3) is 2.70. The number of nitrogens with zero attached hydrogens (tertiary/aromatic N) is 1. The minimum atomic E-state index is -0.962. The molecule has 0 spiro atoms. The molecule has 1 aromatic rings.